The van der Waals surface area contributed by atoms with Gasteiger partial charge in [-0.05, 0) is 54.7 Å². The Morgan fingerprint density at radius 2 is 1.83 bits per heavy atom. The Labute approximate surface area is 202 Å². The Balaban J connectivity index is 1.20. The number of carbonyl (C=O) groups is 1. The van der Waals surface area contributed by atoms with Crippen molar-refractivity contribution in [2.24, 2.45) is 5.92 Å². The molecule has 9 heteroatoms. The van der Waals surface area contributed by atoms with Gasteiger partial charge in [0, 0.05) is 44.2 Å². The molecule has 182 valence electrons. The highest BCUT2D eigenvalue weighted by molar-refractivity contribution is 5.79. The fraction of sp³-hybridized carbons (Fsp3) is 0.346. The maximum atomic E-state index is 13.9. The van der Waals surface area contributed by atoms with Crippen molar-refractivity contribution in [3.05, 3.63) is 71.6 Å². The van der Waals surface area contributed by atoms with Gasteiger partial charge in [0.2, 0.25) is 11.8 Å². The third kappa shape index (κ3) is 5.03. The first-order valence-corrected chi connectivity index (χ1v) is 11.6. The SMILES string of the molecule is COc1ccc2c(c1)CN(C(=O)C1CCN(c3cc(Oc4ccc(F)cc4F)ncn3)CC1)CC2. The molecular weight excluding hydrogens is 454 g/mol. The quantitative estimate of drug-likeness (QED) is 0.541. The molecule has 1 fully saturated rings. The van der Waals surface area contributed by atoms with Crippen LogP contribution in [-0.4, -0.2) is 47.5 Å². The minimum absolute atomic E-state index is 0.0377. The minimum atomic E-state index is -0.803. The van der Waals surface area contributed by atoms with E-state index in [4.69, 9.17) is 9.47 Å². The molecule has 35 heavy (non-hydrogen) atoms. The first-order valence-electron chi connectivity index (χ1n) is 11.6. The first-order chi connectivity index (χ1) is 17.0. The zero-order valence-corrected chi connectivity index (χ0v) is 19.4. The van der Waals surface area contributed by atoms with E-state index in [2.05, 4.69) is 20.9 Å². The molecule has 0 bridgehead atoms. The Morgan fingerprint density at radius 3 is 2.60 bits per heavy atom. The van der Waals surface area contributed by atoms with Crippen LogP contribution in [0.2, 0.25) is 0 Å². The second kappa shape index (κ2) is 9.85. The summed E-state index contributed by atoms with van der Waals surface area (Å²) >= 11 is 0. The van der Waals surface area contributed by atoms with Gasteiger partial charge in [-0.3, -0.25) is 4.79 Å². The predicted molar refractivity (Wildman–Crippen MR) is 126 cm³/mol. The van der Waals surface area contributed by atoms with Crippen LogP contribution >= 0.6 is 0 Å². The summed E-state index contributed by atoms with van der Waals surface area (Å²) in [6.45, 7) is 2.66. The first kappa shape index (κ1) is 23.0. The van der Waals surface area contributed by atoms with Gasteiger partial charge in [-0.1, -0.05) is 6.07 Å². The molecule has 3 aromatic rings. The molecule has 0 aliphatic carbocycles. The van der Waals surface area contributed by atoms with E-state index >= 15 is 0 Å². The van der Waals surface area contributed by atoms with E-state index in [9.17, 15) is 13.6 Å². The van der Waals surface area contributed by atoms with Gasteiger partial charge in [0.15, 0.2) is 11.6 Å². The lowest BCUT2D eigenvalue weighted by Crippen LogP contribution is -2.44. The number of methoxy groups -OCH3 is 1. The molecule has 1 amide bonds. The number of amides is 1. The molecule has 1 saturated heterocycles. The molecule has 5 rings (SSSR count). The van der Waals surface area contributed by atoms with Crippen molar-refractivity contribution in [2.45, 2.75) is 25.8 Å². The van der Waals surface area contributed by atoms with Crippen molar-refractivity contribution >= 4 is 11.7 Å². The molecule has 2 aliphatic rings. The van der Waals surface area contributed by atoms with Crippen molar-refractivity contribution in [2.75, 3.05) is 31.6 Å². The van der Waals surface area contributed by atoms with E-state index in [0.29, 0.717) is 38.3 Å². The van der Waals surface area contributed by atoms with Crippen LogP contribution in [0.5, 0.6) is 17.4 Å². The second-order valence-electron chi connectivity index (χ2n) is 8.80. The van der Waals surface area contributed by atoms with E-state index in [1.54, 1.807) is 13.2 Å². The zero-order valence-electron chi connectivity index (χ0n) is 19.4. The van der Waals surface area contributed by atoms with Crippen LogP contribution < -0.4 is 14.4 Å². The van der Waals surface area contributed by atoms with E-state index in [-0.39, 0.29) is 23.5 Å². The Hall–Kier alpha value is -3.75. The average molecular weight is 481 g/mol. The van der Waals surface area contributed by atoms with Gasteiger partial charge in [-0.15, -0.1) is 0 Å². The highest BCUT2D eigenvalue weighted by Gasteiger charge is 2.31. The number of benzene rings is 2. The Morgan fingerprint density at radius 1 is 1.00 bits per heavy atom. The van der Waals surface area contributed by atoms with Gasteiger partial charge in [0.05, 0.1) is 7.11 Å². The number of hydrogen-bond acceptors (Lipinski definition) is 6. The molecule has 0 atom stereocenters. The molecule has 0 spiro atoms. The van der Waals surface area contributed by atoms with E-state index in [0.717, 1.165) is 36.4 Å². The highest BCUT2D eigenvalue weighted by atomic mass is 19.1. The summed E-state index contributed by atoms with van der Waals surface area (Å²) in [5, 5.41) is 0. The van der Waals surface area contributed by atoms with Gasteiger partial charge in [0.25, 0.3) is 0 Å². The zero-order chi connectivity index (χ0) is 24.4. The summed E-state index contributed by atoms with van der Waals surface area (Å²) < 4.78 is 37.9. The van der Waals surface area contributed by atoms with Crippen LogP contribution in [0.15, 0.2) is 48.8 Å². The molecule has 2 aromatic carbocycles. The summed E-state index contributed by atoms with van der Waals surface area (Å²) in [7, 11) is 1.65. The van der Waals surface area contributed by atoms with Gasteiger partial charge in [0.1, 0.15) is 23.7 Å². The number of anilines is 1. The largest absolute Gasteiger partial charge is 0.497 e. The van der Waals surface area contributed by atoms with E-state index < -0.39 is 11.6 Å². The standard InChI is InChI=1S/C26H26F2N4O3/c1-34-21-4-2-17-6-11-32(15-19(17)12-21)26(33)18-7-9-31(10-8-18)24-14-25(30-16-29-24)35-23-5-3-20(27)13-22(23)28/h2-5,12-14,16,18H,6-11,15H2,1H3. The van der Waals surface area contributed by atoms with Crippen molar-refractivity contribution in [1.29, 1.82) is 0 Å². The third-order valence-corrected chi connectivity index (χ3v) is 6.64. The number of halogens is 2. The van der Waals surface area contributed by atoms with Gasteiger partial charge < -0.3 is 19.3 Å². The van der Waals surface area contributed by atoms with Crippen LogP contribution in [0.4, 0.5) is 14.6 Å². The number of hydrogen-bond donors (Lipinski definition) is 0. The maximum absolute atomic E-state index is 13.9. The van der Waals surface area contributed by atoms with Crippen LogP contribution in [0.1, 0.15) is 24.0 Å². The number of carbonyl (C=O) groups excluding carboxylic acids is 1. The van der Waals surface area contributed by atoms with E-state index in [1.165, 1.54) is 18.0 Å². The monoisotopic (exact) mass is 480 g/mol. The Bertz CT molecular complexity index is 1230. The van der Waals surface area contributed by atoms with Crippen molar-refractivity contribution in [3.8, 4) is 17.4 Å². The number of fused-ring (bicyclic) bond motifs is 1. The lowest BCUT2D eigenvalue weighted by Gasteiger charge is -2.36. The van der Waals surface area contributed by atoms with E-state index in [1.807, 2.05) is 17.0 Å². The highest BCUT2D eigenvalue weighted by Crippen LogP contribution is 2.30. The average Bonchev–Trinajstić information content (AvgIpc) is 2.89. The van der Waals surface area contributed by atoms with Crippen LogP contribution in [0.3, 0.4) is 0 Å². The molecular formula is C26H26F2N4O3. The fourth-order valence-electron chi connectivity index (χ4n) is 4.69. The molecule has 2 aliphatic heterocycles. The smallest absolute Gasteiger partial charge is 0.226 e. The lowest BCUT2D eigenvalue weighted by molar-refractivity contribution is -0.137. The molecule has 0 radical (unpaired) electrons. The molecule has 3 heterocycles. The molecule has 1 aromatic heterocycles. The fourth-order valence-corrected chi connectivity index (χ4v) is 4.69. The van der Waals surface area contributed by atoms with Crippen molar-refractivity contribution in [1.82, 2.24) is 14.9 Å². The number of nitrogens with zero attached hydrogens (tertiary/aromatic N) is 4. The second-order valence-corrected chi connectivity index (χ2v) is 8.80. The topological polar surface area (TPSA) is 67.8 Å². The van der Waals surface area contributed by atoms with Crippen molar-refractivity contribution < 1.29 is 23.0 Å². The third-order valence-electron chi connectivity index (χ3n) is 6.64. The van der Waals surface area contributed by atoms with Crippen LogP contribution in [0, 0.1) is 17.6 Å². The number of piperidine rings is 1. The number of ether oxygens (including phenoxy) is 2. The number of rotatable bonds is 5. The molecule has 0 N–H and O–H groups in total. The molecule has 7 nitrogen and oxygen atoms in total. The Kier molecular flexibility index (Phi) is 6.48. The van der Waals surface area contributed by atoms with Crippen LogP contribution in [0.25, 0.3) is 0 Å². The lowest BCUT2D eigenvalue weighted by atomic mass is 9.93. The molecule has 0 saturated carbocycles. The number of aromatic nitrogens is 2. The van der Waals surface area contributed by atoms with Gasteiger partial charge >= 0.3 is 0 Å². The van der Waals surface area contributed by atoms with Gasteiger partial charge in [-0.25, -0.2) is 18.7 Å². The minimum Gasteiger partial charge on any atom is -0.497 e. The summed E-state index contributed by atoms with van der Waals surface area (Å²) in [6.07, 6.45) is 3.63. The van der Waals surface area contributed by atoms with Gasteiger partial charge in [-0.2, -0.15) is 0 Å². The predicted octanol–water partition coefficient (Wildman–Crippen LogP) is 4.36. The normalized spacial score (nSPS) is 16.1. The van der Waals surface area contributed by atoms with Crippen LogP contribution in [-0.2, 0) is 17.8 Å². The summed E-state index contributed by atoms with van der Waals surface area (Å²) in [5.74, 6) is 0.180. The van der Waals surface area contributed by atoms with Crippen molar-refractivity contribution in [3.63, 3.8) is 0 Å². The maximum Gasteiger partial charge on any atom is 0.226 e. The summed E-state index contributed by atoms with van der Waals surface area (Å²) in [4.78, 5) is 25.6. The summed E-state index contributed by atoms with van der Waals surface area (Å²) in [5.41, 5.74) is 2.42. The molecule has 0 unspecified atom stereocenters. The summed E-state index contributed by atoms with van der Waals surface area (Å²) in [6, 6.07) is 10.8.